The topological polar surface area (TPSA) is 18.5 Å². The summed E-state index contributed by atoms with van der Waals surface area (Å²) in [6.07, 6.45) is 1.27. The maximum absolute atomic E-state index is 5.67. The molecule has 1 aliphatic heterocycles. The van der Waals surface area contributed by atoms with Gasteiger partial charge in [-0.3, -0.25) is 0 Å². The van der Waals surface area contributed by atoms with E-state index in [2.05, 4.69) is 22.9 Å². The number of halogens is 1. The molecule has 0 N–H and O–H groups in total. The molecule has 3 heteroatoms. The van der Waals surface area contributed by atoms with E-state index in [1.807, 2.05) is 13.8 Å². The quantitative estimate of drug-likeness (QED) is 0.635. The largest absolute Gasteiger partial charge is 0.350 e. The first-order chi connectivity index (χ1) is 5.01. The molecule has 11 heavy (non-hydrogen) atoms. The molecule has 2 nitrogen and oxygen atoms in total. The predicted octanol–water partition coefficient (Wildman–Crippen LogP) is 2.31. The highest BCUT2D eigenvalue weighted by Crippen LogP contribution is 2.26. The standard InChI is InChI=1S/C8H15BrO2/c1-6(9)7-4-5-10-8(2,3)11-7/h6-7H,4-5H2,1-3H3. The summed E-state index contributed by atoms with van der Waals surface area (Å²) in [7, 11) is 0. The van der Waals surface area contributed by atoms with E-state index in [4.69, 9.17) is 9.47 Å². The van der Waals surface area contributed by atoms with Crippen LogP contribution in [0.3, 0.4) is 0 Å². The van der Waals surface area contributed by atoms with Gasteiger partial charge < -0.3 is 9.47 Å². The van der Waals surface area contributed by atoms with Crippen LogP contribution in [0, 0.1) is 0 Å². The van der Waals surface area contributed by atoms with Crippen LogP contribution in [0.15, 0.2) is 0 Å². The van der Waals surface area contributed by atoms with Crippen LogP contribution in [-0.2, 0) is 9.47 Å². The zero-order chi connectivity index (χ0) is 8.48. The van der Waals surface area contributed by atoms with Gasteiger partial charge in [0.25, 0.3) is 0 Å². The third kappa shape index (κ3) is 2.73. The Bertz CT molecular complexity index is 134. The number of rotatable bonds is 1. The van der Waals surface area contributed by atoms with E-state index in [9.17, 15) is 0 Å². The van der Waals surface area contributed by atoms with Gasteiger partial charge in [0.05, 0.1) is 12.7 Å². The van der Waals surface area contributed by atoms with Crippen LogP contribution in [-0.4, -0.2) is 23.3 Å². The predicted molar refractivity (Wildman–Crippen MR) is 47.9 cm³/mol. The SMILES string of the molecule is CC(Br)C1CCOC(C)(C)O1. The van der Waals surface area contributed by atoms with Gasteiger partial charge >= 0.3 is 0 Å². The van der Waals surface area contributed by atoms with Gasteiger partial charge in [-0.1, -0.05) is 22.9 Å². The van der Waals surface area contributed by atoms with Crippen LogP contribution in [0.25, 0.3) is 0 Å². The Kier molecular flexibility index (Phi) is 2.95. The average molecular weight is 223 g/mol. The summed E-state index contributed by atoms with van der Waals surface area (Å²) in [5, 5.41) is 0. The van der Waals surface area contributed by atoms with Crippen molar-refractivity contribution in [2.75, 3.05) is 6.61 Å². The minimum atomic E-state index is -0.398. The summed E-state index contributed by atoms with van der Waals surface area (Å²) in [4.78, 5) is 0.408. The fraction of sp³-hybridized carbons (Fsp3) is 1.00. The molecular weight excluding hydrogens is 208 g/mol. The van der Waals surface area contributed by atoms with Gasteiger partial charge in [-0.25, -0.2) is 0 Å². The second-order valence-electron chi connectivity index (χ2n) is 3.37. The highest BCUT2D eigenvalue weighted by atomic mass is 79.9. The van der Waals surface area contributed by atoms with Crippen molar-refractivity contribution in [1.82, 2.24) is 0 Å². The van der Waals surface area contributed by atoms with Crippen molar-refractivity contribution in [1.29, 1.82) is 0 Å². The molecule has 0 radical (unpaired) electrons. The van der Waals surface area contributed by atoms with E-state index < -0.39 is 5.79 Å². The minimum absolute atomic E-state index is 0.291. The van der Waals surface area contributed by atoms with Crippen molar-refractivity contribution in [3.63, 3.8) is 0 Å². The Morgan fingerprint density at radius 3 is 2.55 bits per heavy atom. The molecule has 2 atom stereocenters. The van der Waals surface area contributed by atoms with E-state index >= 15 is 0 Å². The minimum Gasteiger partial charge on any atom is -0.350 e. The Morgan fingerprint density at radius 2 is 2.18 bits per heavy atom. The first kappa shape index (κ1) is 9.49. The molecule has 0 saturated carbocycles. The normalized spacial score (nSPS) is 33.3. The summed E-state index contributed by atoms with van der Waals surface area (Å²) in [6.45, 7) is 6.81. The summed E-state index contributed by atoms with van der Waals surface area (Å²) >= 11 is 3.51. The van der Waals surface area contributed by atoms with Crippen molar-refractivity contribution < 1.29 is 9.47 Å². The van der Waals surface area contributed by atoms with Gasteiger partial charge in [0.1, 0.15) is 0 Å². The van der Waals surface area contributed by atoms with E-state index in [0.29, 0.717) is 10.9 Å². The van der Waals surface area contributed by atoms with Crippen LogP contribution in [0.2, 0.25) is 0 Å². The number of hydrogen-bond acceptors (Lipinski definition) is 2. The molecule has 0 spiro atoms. The number of hydrogen-bond donors (Lipinski definition) is 0. The van der Waals surface area contributed by atoms with Crippen molar-refractivity contribution in [2.45, 2.75) is 43.9 Å². The Labute approximate surface area is 76.4 Å². The van der Waals surface area contributed by atoms with Gasteiger partial charge in [-0.15, -0.1) is 0 Å². The second kappa shape index (κ2) is 3.42. The fourth-order valence-electron chi connectivity index (χ4n) is 1.20. The lowest BCUT2D eigenvalue weighted by molar-refractivity contribution is -0.271. The zero-order valence-corrected chi connectivity index (χ0v) is 8.85. The fourth-order valence-corrected chi connectivity index (χ4v) is 1.57. The maximum Gasteiger partial charge on any atom is 0.163 e. The molecule has 0 aromatic heterocycles. The second-order valence-corrected chi connectivity index (χ2v) is 4.82. The van der Waals surface area contributed by atoms with Crippen LogP contribution >= 0.6 is 15.9 Å². The van der Waals surface area contributed by atoms with Crippen molar-refractivity contribution in [3.8, 4) is 0 Å². The van der Waals surface area contributed by atoms with Gasteiger partial charge in [0, 0.05) is 4.83 Å². The molecule has 0 amide bonds. The highest BCUT2D eigenvalue weighted by molar-refractivity contribution is 9.09. The molecule has 0 bridgehead atoms. The average Bonchev–Trinajstić information content (AvgIpc) is 1.85. The van der Waals surface area contributed by atoms with Crippen LogP contribution in [0.1, 0.15) is 27.2 Å². The first-order valence-electron chi connectivity index (χ1n) is 3.97. The van der Waals surface area contributed by atoms with E-state index in [1.54, 1.807) is 0 Å². The molecule has 1 fully saturated rings. The monoisotopic (exact) mass is 222 g/mol. The lowest BCUT2D eigenvalue weighted by atomic mass is 10.1. The van der Waals surface area contributed by atoms with Crippen LogP contribution in [0.5, 0.6) is 0 Å². The molecule has 1 rings (SSSR count). The Morgan fingerprint density at radius 1 is 1.55 bits per heavy atom. The van der Waals surface area contributed by atoms with Crippen LogP contribution < -0.4 is 0 Å². The summed E-state index contributed by atoms with van der Waals surface area (Å²) in [5.74, 6) is -0.398. The van der Waals surface area contributed by atoms with Gasteiger partial charge in [-0.05, 0) is 20.3 Å². The molecule has 1 aliphatic rings. The molecular formula is C8H15BrO2. The summed E-state index contributed by atoms with van der Waals surface area (Å²) < 4.78 is 11.1. The van der Waals surface area contributed by atoms with E-state index in [1.165, 1.54) is 0 Å². The lowest BCUT2D eigenvalue weighted by Gasteiger charge is -2.37. The Balaban J connectivity index is 2.46. The van der Waals surface area contributed by atoms with Crippen LogP contribution in [0.4, 0.5) is 0 Å². The Hall–Kier alpha value is 0.400. The van der Waals surface area contributed by atoms with Crippen molar-refractivity contribution in [3.05, 3.63) is 0 Å². The van der Waals surface area contributed by atoms with Gasteiger partial charge in [0.2, 0.25) is 0 Å². The maximum atomic E-state index is 5.67. The molecule has 0 aromatic rings. The van der Waals surface area contributed by atoms with Crippen molar-refractivity contribution in [2.24, 2.45) is 0 Å². The van der Waals surface area contributed by atoms with Crippen molar-refractivity contribution >= 4 is 15.9 Å². The highest BCUT2D eigenvalue weighted by Gasteiger charge is 2.31. The number of ether oxygens (including phenoxy) is 2. The zero-order valence-electron chi connectivity index (χ0n) is 7.26. The molecule has 0 aromatic carbocycles. The van der Waals surface area contributed by atoms with Gasteiger partial charge in [-0.2, -0.15) is 0 Å². The number of alkyl halides is 1. The summed E-state index contributed by atoms with van der Waals surface area (Å²) in [6, 6.07) is 0. The first-order valence-corrected chi connectivity index (χ1v) is 4.89. The third-order valence-electron chi connectivity index (χ3n) is 1.80. The summed E-state index contributed by atoms with van der Waals surface area (Å²) in [5.41, 5.74) is 0. The lowest BCUT2D eigenvalue weighted by Crippen LogP contribution is -2.42. The molecule has 1 heterocycles. The smallest absolute Gasteiger partial charge is 0.163 e. The molecule has 1 saturated heterocycles. The molecule has 2 unspecified atom stereocenters. The third-order valence-corrected chi connectivity index (χ3v) is 2.39. The van der Waals surface area contributed by atoms with Gasteiger partial charge in [0.15, 0.2) is 5.79 Å². The molecule has 0 aliphatic carbocycles. The molecule has 66 valence electrons. The van der Waals surface area contributed by atoms with E-state index in [-0.39, 0.29) is 0 Å². The van der Waals surface area contributed by atoms with E-state index in [0.717, 1.165) is 13.0 Å².